The van der Waals surface area contributed by atoms with E-state index in [0.29, 0.717) is 23.5 Å². The lowest BCUT2D eigenvalue weighted by Gasteiger charge is -2.33. The van der Waals surface area contributed by atoms with Crippen LogP contribution in [0.1, 0.15) is 75.1 Å². The van der Waals surface area contributed by atoms with Gasteiger partial charge in [0.25, 0.3) is 5.91 Å². The molecule has 0 bridgehead atoms. The van der Waals surface area contributed by atoms with Crippen LogP contribution in [-0.4, -0.2) is 75.4 Å². The largest absolute Gasteiger partial charge is 0.370 e. The summed E-state index contributed by atoms with van der Waals surface area (Å²) >= 11 is 0. The molecule has 3 aliphatic rings. The molecule has 33 heavy (non-hydrogen) atoms. The number of likely N-dealkylation sites (tertiary alicyclic amines) is 1. The second kappa shape index (κ2) is 11.2. The summed E-state index contributed by atoms with van der Waals surface area (Å²) in [6.45, 7) is 8.16. The van der Waals surface area contributed by atoms with Crippen molar-refractivity contribution in [2.75, 3.05) is 50.7 Å². The van der Waals surface area contributed by atoms with Crippen molar-refractivity contribution in [2.45, 2.75) is 75.6 Å². The zero-order valence-corrected chi connectivity index (χ0v) is 20.9. The number of piperidine rings is 3. The van der Waals surface area contributed by atoms with E-state index < -0.39 is 10.0 Å². The summed E-state index contributed by atoms with van der Waals surface area (Å²) in [7, 11) is -3.64. The molecule has 3 heterocycles. The highest BCUT2D eigenvalue weighted by atomic mass is 32.2. The molecule has 3 saturated heterocycles. The van der Waals surface area contributed by atoms with E-state index in [2.05, 4.69) is 22.0 Å². The van der Waals surface area contributed by atoms with Crippen LogP contribution in [0, 0.1) is 0 Å². The fourth-order valence-corrected chi connectivity index (χ4v) is 7.14. The van der Waals surface area contributed by atoms with Crippen LogP contribution in [0.15, 0.2) is 23.1 Å². The lowest BCUT2D eigenvalue weighted by molar-refractivity contribution is 0.0911. The van der Waals surface area contributed by atoms with Gasteiger partial charge < -0.3 is 15.1 Å². The van der Waals surface area contributed by atoms with Gasteiger partial charge in [-0.2, -0.15) is 4.31 Å². The minimum Gasteiger partial charge on any atom is -0.370 e. The Morgan fingerprint density at radius 2 is 1.58 bits per heavy atom. The van der Waals surface area contributed by atoms with E-state index in [1.54, 1.807) is 16.4 Å². The summed E-state index contributed by atoms with van der Waals surface area (Å²) in [4.78, 5) is 18.0. The quantitative estimate of drug-likeness (QED) is 0.653. The van der Waals surface area contributed by atoms with Gasteiger partial charge in [0.1, 0.15) is 4.90 Å². The molecule has 1 amide bonds. The molecule has 0 spiro atoms. The number of benzene rings is 1. The van der Waals surface area contributed by atoms with Crippen molar-refractivity contribution in [1.82, 2.24) is 14.5 Å². The molecule has 0 saturated carbocycles. The normalized spacial score (nSPS) is 21.8. The smallest absolute Gasteiger partial charge is 0.251 e. The molecule has 1 aromatic carbocycles. The molecular formula is C25H40N4O3S. The van der Waals surface area contributed by atoms with Gasteiger partial charge in [-0.25, -0.2) is 8.42 Å². The third-order valence-corrected chi connectivity index (χ3v) is 9.24. The first-order chi connectivity index (χ1) is 16.0. The average molecular weight is 477 g/mol. The van der Waals surface area contributed by atoms with Crippen LogP contribution in [0.4, 0.5) is 5.69 Å². The molecule has 0 aliphatic carbocycles. The Hall–Kier alpha value is -1.64. The van der Waals surface area contributed by atoms with E-state index in [-0.39, 0.29) is 11.9 Å². The molecule has 0 atom stereocenters. The third-order valence-electron chi connectivity index (χ3n) is 7.31. The number of amides is 1. The summed E-state index contributed by atoms with van der Waals surface area (Å²) in [5.74, 6) is -0.163. The highest BCUT2D eigenvalue weighted by molar-refractivity contribution is 7.89. The number of hydrogen-bond acceptors (Lipinski definition) is 5. The number of nitrogens with one attached hydrogen (secondary N) is 1. The Kier molecular flexibility index (Phi) is 8.30. The van der Waals surface area contributed by atoms with Crippen molar-refractivity contribution in [1.29, 1.82) is 0 Å². The van der Waals surface area contributed by atoms with Crippen LogP contribution < -0.4 is 10.2 Å². The molecule has 0 aromatic heterocycles. The zero-order chi connectivity index (χ0) is 23.3. The molecule has 184 valence electrons. The summed E-state index contributed by atoms with van der Waals surface area (Å²) < 4.78 is 29.0. The number of carbonyl (C=O) groups is 1. The van der Waals surface area contributed by atoms with Crippen molar-refractivity contribution in [3.05, 3.63) is 23.8 Å². The average Bonchev–Trinajstić information content (AvgIpc) is 2.86. The summed E-state index contributed by atoms with van der Waals surface area (Å²) in [5.41, 5.74) is 1.20. The summed E-state index contributed by atoms with van der Waals surface area (Å²) in [6.07, 6.45) is 9.23. The number of anilines is 1. The third kappa shape index (κ3) is 5.89. The van der Waals surface area contributed by atoms with Gasteiger partial charge in [0, 0.05) is 50.9 Å². The topological polar surface area (TPSA) is 73.0 Å². The van der Waals surface area contributed by atoms with Crippen LogP contribution >= 0.6 is 0 Å². The van der Waals surface area contributed by atoms with Crippen molar-refractivity contribution in [2.24, 2.45) is 0 Å². The second-order valence-corrected chi connectivity index (χ2v) is 11.7. The van der Waals surface area contributed by atoms with Gasteiger partial charge in [0.15, 0.2) is 0 Å². The minimum absolute atomic E-state index is 0.148. The van der Waals surface area contributed by atoms with Gasteiger partial charge in [0.05, 0.1) is 5.69 Å². The Morgan fingerprint density at radius 1 is 0.939 bits per heavy atom. The lowest BCUT2D eigenvalue weighted by Crippen LogP contribution is -2.44. The molecule has 7 nitrogen and oxygen atoms in total. The molecule has 1 N–H and O–H groups in total. The first-order valence-electron chi connectivity index (χ1n) is 12.9. The Balaban J connectivity index is 1.55. The van der Waals surface area contributed by atoms with Gasteiger partial charge in [-0.15, -0.1) is 0 Å². The van der Waals surface area contributed by atoms with E-state index in [1.807, 2.05) is 6.07 Å². The second-order valence-electron chi connectivity index (χ2n) is 9.78. The maximum absolute atomic E-state index is 13.7. The van der Waals surface area contributed by atoms with Crippen LogP contribution in [-0.2, 0) is 10.0 Å². The van der Waals surface area contributed by atoms with Crippen molar-refractivity contribution >= 4 is 21.6 Å². The van der Waals surface area contributed by atoms with E-state index in [4.69, 9.17) is 0 Å². The summed E-state index contributed by atoms with van der Waals surface area (Å²) in [6, 6.07) is 5.45. The van der Waals surface area contributed by atoms with Gasteiger partial charge in [-0.3, -0.25) is 4.79 Å². The molecule has 1 aromatic rings. The first-order valence-corrected chi connectivity index (χ1v) is 14.4. The van der Waals surface area contributed by atoms with E-state index in [1.165, 1.54) is 6.42 Å². The first kappa shape index (κ1) is 24.5. The Bertz CT molecular complexity index is 900. The van der Waals surface area contributed by atoms with Gasteiger partial charge in [-0.05, 0) is 76.1 Å². The lowest BCUT2D eigenvalue weighted by atomic mass is 10.0. The zero-order valence-electron chi connectivity index (χ0n) is 20.1. The van der Waals surface area contributed by atoms with Gasteiger partial charge in [0.2, 0.25) is 10.0 Å². The molecular weight excluding hydrogens is 436 g/mol. The molecule has 4 rings (SSSR count). The highest BCUT2D eigenvalue weighted by Gasteiger charge is 2.31. The van der Waals surface area contributed by atoms with Gasteiger partial charge >= 0.3 is 0 Å². The molecule has 0 radical (unpaired) electrons. The molecule has 3 aliphatic heterocycles. The standard InChI is InChI=1S/C25H40N4O3S/c1-2-13-27-18-11-22(12-19-27)26-25(30)21-9-10-23(28-14-5-3-6-15-28)24(20-21)33(31,32)29-16-7-4-8-17-29/h9-10,20,22H,2-8,11-19H2,1H3,(H,26,30). The number of rotatable bonds is 7. The predicted molar refractivity (Wildman–Crippen MR) is 132 cm³/mol. The monoisotopic (exact) mass is 476 g/mol. The van der Waals surface area contributed by atoms with Crippen molar-refractivity contribution < 1.29 is 13.2 Å². The fourth-order valence-electron chi connectivity index (χ4n) is 5.39. The summed E-state index contributed by atoms with van der Waals surface area (Å²) in [5, 5.41) is 3.17. The predicted octanol–water partition coefficient (Wildman–Crippen LogP) is 3.46. The maximum atomic E-state index is 13.7. The van der Waals surface area contributed by atoms with Crippen molar-refractivity contribution in [3.63, 3.8) is 0 Å². The van der Waals surface area contributed by atoms with E-state index in [0.717, 1.165) is 89.8 Å². The number of sulfonamides is 1. The van der Waals surface area contributed by atoms with Crippen LogP contribution in [0.25, 0.3) is 0 Å². The Morgan fingerprint density at radius 3 is 2.21 bits per heavy atom. The maximum Gasteiger partial charge on any atom is 0.251 e. The number of carbonyl (C=O) groups excluding carboxylic acids is 1. The molecule has 8 heteroatoms. The van der Waals surface area contributed by atoms with Crippen LogP contribution in [0.2, 0.25) is 0 Å². The van der Waals surface area contributed by atoms with Crippen LogP contribution in [0.3, 0.4) is 0 Å². The molecule has 0 unspecified atom stereocenters. The highest BCUT2D eigenvalue weighted by Crippen LogP contribution is 2.32. The fraction of sp³-hybridized carbons (Fsp3) is 0.720. The van der Waals surface area contributed by atoms with Crippen LogP contribution in [0.5, 0.6) is 0 Å². The van der Waals surface area contributed by atoms with E-state index in [9.17, 15) is 13.2 Å². The Labute approximate surface area is 199 Å². The number of nitrogens with zero attached hydrogens (tertiary/aromatic N) is 3. The number of hydrogen-bond donors (Lipinski definition) is 1. The van der Waals surface area contributed by atoms with E-state index >= 15 is 0 Å². The SMILES string of the molecule is CCCN1CCC(NC(=O)c2ccc(N3CCCCC3)c(S(=O)(=O)N3CCCCC3)c2)CC1. The van der Waals surface area contributed by atoms with Crippen molar-refractivity contribution in [3.8, 4) is 0 Å². The molecule has 3 fully saturated rings. The minimum atomic E-state index is -3.64. The van der Waals surface area contributed by atoms with Gasteiger partial charge in [-0.1, -0.05) is 13.3 Å².